The molecule has 0 radical (unpaired) electrons. The number of hydrogen-bond acceptors (Lipinski definition) is 3. The molecule has 0 aliphatic carbocycles. The number of hydrogen-bond donors (Lipinski definition) is 3. The Morgan fingerprint density at radius 1 is 1.32 bits per heavy atom. The second kappa shape index (κ2) is 7.40. The van der Waals surface area contributed by atoms with Crippen LogP contribution in [0.1, 0.15) is 28.8 Å². The summed E-state index contributed by atoms with van der Waals surface area (Å²) < 4.78 is 0. The average molecular weight is 303 g/mol. The van der Waals surface area contributed by atoms with Crippen LogP contribution in [-0.4, -0.2) is 27.9 Å². The minimum absolute atomic E-state index is 0.00231. The first kappa shape index (κ1) is 15.9. The SMILES string of the molecule is O=C(O)c1cccc(CC(CCCS)C(=O)O)c1Cl. The van der Waals surface area contributed by atoms with E-state index in [1.807, 2.05) is 0 Å². The summed E-state index contributed by atoms with van der Waals surface area (Å²) in [5, 5.41) is 18.2. The van der Waals surface area contributed by atoms with E-state index in [-0.39, 0.29) is 17.0 Å². The number of aromatic carboxylic acids is 1. The summed E-state index contributed by atoms with van der Waals surface area (Å²) in [6.45, 7) is 0. The first-order valence-corrected chi connectivity index (χ1v) is 6.82. The van der Waals surface area contributed by atoms with Crippen molar-refractivity contribution in [2.24, 2.45) is 5.92 Å². The molecule has 1 atom stereocenters. The molecule has 4 nitrogen and oxygen atoms in total. The van der Waals surface area contributed by atoms with Crippen molar-refractivity contribution in [2.45, 2.75) is 19.3 Å². The lowest BCUT2D eigenvalue weighted by Crippen LogP contribution is -2.17. The number of carboxylic acid groups (broad SMARTS) is 2. The third-order valence-electron chi connectivity index (χ3n) is 2.84. The maximum Gasteiger partial charge on any atom is 0.337 e. The molecule has 6 heteroatoms. The topological polar surface area (TPSA) is 74.6 Å². The predicted molar refractivity (Wildman–Crippen MR) is 76.3 cm³/mol. The molecule has 0 fully saturated rings. The van der Waals surface area contributed by atoms with Crippen molar-refractivity contribution in [1.82, 2.24) is 0 Å². The highest BCUT2D eigenvalue weighted by Crippen LogP contribution is 2.25. The van der Waals surface area contributed by atoms with Crippen LogP contribution in [0, 0.1) is 5.92 Å². The van der Waals surface area contributed by atoms with Crippen LogP contribution in [0.5, 0.6) is 0 Å². The highest BCUT2D eigenvalue weighted by Gasteiger charge is 2.20. The summed E-state index contributed by atoms with van der Waals surface area (Å²) >= 11 is 10.1. The number of rotatable bonds is 7. The Morgan fingerprint density at radius 3 is 2.53 bits per heavy atom. The fourth-order valence-electron chi connectivity index (χ4n) is 1.82. The first-order valence-electron chi connectivity index (χ1n) is 5.81. The summed E-state index contributed by atoms with van der Waals surface area (Å²) in [6, 6.07) is 4.63. The van der Waals surface area contributed by atoms with Crippen LogP contribution in [0.4, 0.5) is 0 Å². The molecule has 2 N–H and O–H groups in total. The van der Waals surface area contributed by atoms with E-state index in [1.165, 1.54) is 6.07 Å². The predicted octanol–water partition coefficient (Wildman–Crippen LogP) is 2.99. The van der Waals surface area contributed by atoms with Crippen molar-refractivity contribution in [1.29, 1.82) is 0 Å². The van der Waals surface area contributed by atoms with Gasteiger partial charge in [-0.1, -0.05) is 23.7 Å². The Kier molecular flexibility index (Phi) is 6.18. The molecule has 0 aliphatic heterocycles. The van der Waals surface area contributed by atoms with Crippen LogP contribution >= 0.6 is 24.2 Å². The lowest BCUT2D eigenvalue weighted by atomic mass is 9.94. The Morgan fingerprint density at radius 2 is 2.00 bits per heavy atom. The van der Waals surface area contributed by atoms with Gasteiger partial charge in [0.05, 0.1) is 16.5 Å². The van der Waals surface area contributed by atoms with E-state index in [1.54, 1.807) is 12.1 Å². The molecule has 0 bridgehead atoms. The molecule has 19 heavy (non-hydrogen) atoms. The van der Waals surface area contributed by atoms with Gasteiger partial charge in [-0.2, -0.15) is 12.6 Å². The molecule has 0 saturated heterocycles. The molecule has 0 amide bonds. The number of benzene rings is 1. The van der Waals surface area contributed by atoms with Gasteiger partial charge in [0.25, 0.3) is 0 Å². The summed E-state index contributed by atoms with van der Waals surface area (Å²) in [5.74, 6) is -1.98. The zero-order valence-electron chi connectivity index (χ0n) is 10.2. The van der Waals surface area contributed by atoms with Gasteiger partial charge in [0.15, 0.2) is 0 Å². The monoisotopic (exact) mass is 302 g/mol. The standard InChI is InChI=1S/C13H15ClO4S/c14-11-8(3-1-5-10(11)13(17)18)7-9(12(15)16)4-2-6-19/h1,3,5,9,19H,2,4,6-7H2,(H,15,16)(H,17,18). The molecule has 1 aromatic rings. The molecule has 0 heterocycles. The van der Waals surface area contributed by atoms with Gasteiger partial charge in [0.2, 0.25) is 0 Å². The number of carboxylic acids is 2. The molecule has 0 spiro atoms. The maximum absolute atomic E-state index is 11.2. The number of thiol groups is 1. The second-order valence-electron chi connectivity index (χ2n) is 4.19. The number of halogens is 1. The Hall–Kier alpha value is -1.20. The molecule has 1 rings (SSSR count). The highest BCUT2D eigenvalue weighted by molar-refractivity contribution is 7.80. The second-order valence-corrected chi connectivity index (χ2v) is 5.01. The van der Waals surface area contributed by atoms with E-state index in [2.05, 4.69) is 12.6 Å². The van der Waals surface area contributed by atoms with E-state index in [4.69, 9.17) is 21.8 Å². The Balaban J connectivity index is 2.93. The van der Waals surface area contributed by atoms with Gasteiger partial charge in [-0.25, -0.2) is 4.79 Å². The molecular formula is C13H15ClO4S. The zero-order chi connectivity index (χ0) is 14.4. The summed E-state index contributed by atoms with van der Waals surface area (Å²) in [6.07, 6.45) is 1.41. The van der Waals surface area contributed by atoms with Crippen LogP contribution in [0.25, 0.3) is 0 Å². The first-order chi connectivity index (χ1) is 8.97. The molecule has 1 unspecified atom stereocenters. The summed E-state index contributed by atoms with van der Waals surface area (Å²) in [5.41, 5.74) is 0.547. The van der Waals surface area contributed by atoms with E-state index < -0.39 is 17.9 Å². The van der Waals surface area contributed by atoms with Crippen LogP contribution in [-0.2, 0) is 11.2 Å². The summed E-state index contributed by atoms with van der Waals surface area (Å²) in [4.78, 5) is 22.1. The smallest absolute Gasteiger partial charge is 0.337 e. The van der Waals surface area contributed by atoms with Crippen molar-refractivity contribution < 1.29 is 19.8 Å². The number of carbonyl (C=O) groups is 2. The largest absolute Gasteiger partial charge is 0.481 e. The number of aliphatic carboxylic acids is 1. The minimum Gasteiger partial charge on any atom is -0.481 e. The van der Waals surface area contributed by atoms with E-state index in [0.29, 0.717) is 24.2 Å². The van der Waals surface area contributed by atoms with E-state index >= 15 is 0 Å². The molecule has 0 aromatic heterocycles. The van der Waals surface area contributed by atoms with Gasteiger partial charge < -0.3 is 10.2 Å². The fourth-order valence-corrected chi connectivity index (χ4v) is 2.29. The molecule has 104 valence electrons. The zero-order valence-corrected chi connectivity index (χ0v) is 11.8. The van der Waals surface area contributed by atoms with E-state index in [0.717, 1.165) is 0 Å². The van der Waals surface area contributed by atoms with Crippen molar-refractivity contribution in [3.8, 4) is 0 Å². The third-order valence-corrected chi connectivity index (χ3v) is 3.60. The van der Waals surface area contributed by atoms with Gasteiger partial charge in [-0.05, 0) is 36.6 Å². The van der Waals surface area contributed by atoms with Gasteiger partial charge >= 0.3 is 11.9 Å². The lowest BCUT2D eigenvalue weighted by molar-refractivity contribution is -0.141. The van der Waals surface area contributed by atoms with Gasteiger partial charge in [-0.3, -0.25) is 4.79 Å². The van der Waals surface area contributed by atoms with E-state index in [9.17, 15) is 9.59 Å². The molecule has 1 aromatic carbocycles. The maximum atomic E-state index is 11.2. The van der Waals surface area contributed by atoms with Crippen LogP contribution in [0.2, 0.25) is 5.02 Å². The van der Waals surface area contributed by atoms with Gasteiger partial charge in [0.1, 0.15) is 0 Å². The van der Waals surface area contributed by atoms with Crippen LogP contribution in [0.3, 0.4) is 0 Å². The normalized spacial score (nSPS) is 12.1. The van der Waals surface area contributed by atoms with Crippen molar-refractivity contribution in [3.05, 3.63) is 34.3 Å². The van der Waals surface area contributed by atoms with Crippen molar-refractivity contribution in [3.63, 3.8) is 0 Å². The third kappa shape index (κ3) is 4.44. The molecule has 0 aliphatic rings. The highest BCUT2D eigenvalue weighted by atomic mass is 35.5. The van der Waals surface area contributed by atoms with Crippen LogP contribution < -0.4 is 0 Å². The van der Waals surface area contributed by atoms with Gasteiger partial charge in [-0.15, -0.1) is 0 Å². The van der Waals surface area contributed by atoms with Crippen molar-refractivity contribution >= 4 is 36.2 Å². The average Bonchev–Trinajstić information content (AvgIpc) is 2.35. The van der Waals surface area contributed by atoms with Crippen LogP contribution in [0.15, 0.2) is 18.2 Å². The Bertz CT molecular complexity index is 476. The fraction of sp³-hybridized carbons (Fsp3) is 0.385. The molecule has 0 saturated carbocycles. The van der Waals surface area contributed by atoms with Crippen molar-refractivity contribution in [2.75, 3.05) is 5.75 Å². The lowest BCUT2D eigenvalue weighted by Gasteiger charge is -2.13. The summed E-state index contributed by atoms with van der Waals surface area (Å²) in [7, 11) is 0. The quantitative estimate of drug-likeness (QED) is 0.677. The minimum atomic E-state index is -1.12. The van der Waals surface area contributed by atoms with Gasteiger partial charge in [0, 0.05) is 0 Å². The molecular weight excluding hydrogens is 288 g/mol. The Labute approximate surface area is 121 Å².